The second-order valence-electron chi connectivity index (χ2n) is 4.96. The number of hydrogen-bond donors (Lipinski definition) is 4. The molecule has 10 heteroatoms. The Balaban J connectivity index is 2.72. The van der Waals surface area contributed by atoms with Gasteiger partial charge in [-0.15, -0.1) is 11.8 Å². The average molecular weight is 365 g/mol. The number of carbonyl (C=O) groups is 2. The second-order valence-corrected chi connectivity index (χ2v) is 6.17. The van der Waals surface area contributed by atoms with Crippen molar-refractivity contribution in [2.45, 2.75) is 36.2 Å². The van der Waals surface area contributed by atoms with Crippen LogP contribution in [0.1, 0.15) is 6.42 Å². The first-order chi connectivity index (χ1) is 11.4. The molecule has 0 aromatic heterocycles. The minimum absolute atomic E-state index is 0.0164. The first-order valence-corrected chi connectivity index (χ1v) is 8.34. The number of ether oxygens (including phenoxy) is 3. The summed E-state index contributed by atoms with van der Waals surface area (Å²) >= 11 is 1.14. The van der Waals surface area contributed by atoms with Crippen molar-refractivity contribution in [2.75, 3.05) is 26.1 Å². The molecule has 24 heavy (non-hydrogen) atoms. The Bertz CT molecular complexity index is 435. The monoisotopic (exact) mass is 365 g/mol. The van der Waals surface area contributed by atoms with Crippen LogP contribution in [0.3, 0.4) is 0 Å². The van der Waals surface area contributed by atoms with E-state index < -0.39 is 48.5 Å². The molecular weight excluding hydrogens is 342 g/mol. The number of esters is 1. The fraction of sp³-hybridized carbons (Fsp3) is 0.714. The van der Waals surface area contributed by atoms with Crippen LogP contribution in [0.5, 0.6) is 0 Å². The molecule has 0 aliphatic carbocycles. The normalized spacial score (nSPS) is 29.6. The minimum atomic E-state index is -1.38. The number of amides is 1. The Hall–Kier alpha value is -1.33. The van der Waals surface area contributed by atoms with Gasteiger partial charge in [-0.3, -0.25) is 4.79 Å². The molecule has 0 radical (unpaired) electrons. The number of alkyl carbamates (subject to hydrolysis) is 1. The highest BCUT2D eigenvalue weighted by Crippen LogP contribution is 2.29. The first-order valence-electron chi connectivity index (χ1n) is 7.29. The molecule has 0 saturated carbocycles. The second kappa shape index (κ2) is 10.5. The number of aliphatic hydroxyl groups is 3. The molecule has 0 aromatic rings. The minimum Gasteiger partial charge on any atom is -0.469 e. The number of aliphatic hydroxyl groups excluding tert-OH is 3. The summed E-state index contributed by atoms with van der Waals surface area (Å²) in [5, 5.41) is 31.8. The van der Waals surface area contributed by atoms with Gasteiger partial charge in [0.15, 0.2) is 0 Å². The lowest BCUT2D eigenvalue weighted by Crippen LogP contribution is -2.63. The first kappa shape index (κ1) is 20.7. The third-order valence-corrected chi connectivity index (χ3v) is 4.49. The zero-order valence-electron chi connectivity index (χ0n) is 13.3. The fourth-order valence-electron chi connectivity index (χ4n) is 2.05. The largest absolute Gasteiger partial charge is 0.469 e. The van der Waals surface area contributed by atoms with E-state index in [1.165, 1.54) is 13.2 Å². The van der Waals surface area contributed by atoms with Gasteiger partial charge in [-0.2, -0.15) is 0 Å². The third-order valence-electron chi connectivity index (χ3n) is 3.31. The van der Waals surface area contributed by atoms with Crippen molar-refractivity contribution in [3.63, 3.8) is 0 Å². The lowest BCUT2D eigenvalue weighted by Gasteiger charge is -2.42. The maximum absolute atomic E-state index is 11.7. The van der Waals surface area contributed by atoms with Gasteiger partial charge >= 0.3 is 12.1 Å². The highest BCUT2D eigenvalue weighted by atomic mass is 32.2. The Morgan fingerprint density at radius 3 is 2.67 bits per heavy atom. The van der Waals surface area contributed by atoms with Crippen molar-refractivity contribution in [1.82, 2.24) is 5.32 Å². The quantitative estimate of drug-likeness (QED) is 0.316. The molecule has 4 N–H and O–H groups in total. The predicted molar refractivity (Wildman–Crippen MR) is 85.3 cm³/mol. The Labute approximate surface area is 144 Å². The van der Waals surface area contributed by atoms with E-state index in [1.807, 2.05) is 0 Å². The molecule has 1 aliphatic heterocycles. The molecule has 5 atom stereocenters. The zero-order chi connectivity index (χ0) is 18.1. The van der Waals surface area contributed by atoms with Crippen molar-refractivity contribution in [3.8, 4) is 0 Å². The number of rotatable bonds is 8. The van der Waals surface area contributed by atoms with Crippen LogP contribution in [0.4, 0.5) is 4.79 Å². The summed E-state index contributed by atoms with van der Waals surface area (Å²) in [6, 6.07) is -0.984. The van der Waals surface area contributed by atoms with Gasteiger partial charge in [0.25, 0.3) is 0 Å². The van der Waals surface area contributed by atoms with E-state index in [2.05, 4.69) is 16.6 Å². The molecule has 1 aliphatic rings. The Morgan fingerprint density at radius 1 is 1.38 bits per heavy atom. The summed E-state index contributed by atoms with van der Waals surface area (Å²) < 4.78 is 14.8. The van der Waals surface area contributed by atoms with E-state index in [0.717, 1.165) is 11.8 Å². The molecule has 1 rings (SSSR count). The summed E-state index contributed by atoms with van der Waals surface area (Å²) in [4.78, 5) is 22.8. The Morgan fingerprint density at radius 2 is 2.08 bits per heavy atom. The number of nitrogens with one attached hydrogen (secondary N) is 1. The van der Waals surface area contributed by atoms with Crippen molar-refractivity contribution >= 4 is 23.8 Å². The average Bonchev–Trinajstić information content (AvgIpc) is 2.58. The van der Waals surface area contributed by atoms with Gasteiger partial charge in [0.05, 0.1) is 26.2 Å². The van der Waals surface area contributed by atoms with Crippen LogP contribution < -0.4 is 5.32 Å². The molecule has 138 valence electrons. The van der Waals surface area contributed by atoms with Crippen molar-refractivity contribution < 1.29 is 39.1 Å². The lowest BCUT2D eigenvalue weighted by molar-refractivity contribution is -0.170. The van der Waals surface area contributed by atoms with Crippen LogP contribution in [0, 0.1) is 0 Å². The summed E-state index contributed by atoms with van der Waals surface area (Å²) in [6.45, 7) is 2.90. The van der Waals surface area contributed by atoms with Crippen LogP contribution in [-0.2, 0) is 19.0 Å². The van der Waals surface area contributed by atoms with Gasteiger partial charge < -0.3 is 34.8 Å². The van der Waals surface area contributed by atoms with Crippen LogP contribution in [0.25, 0.3) is 0 Å². The number of carbonyl (C=O) groups excluding carboxylic acids is 2. The fourth-order valence-corrected chi connectivity index (χ4v) is 3.23. The van der Waals surface area contributed by atoms with Gasteiger partial charge in [0, 0.05) is 5.75 Å². The summed E-state index contributed by atoms with van der Waals surface area (Å²) in [6.07, 6.45) is -3.07. The standard InChI is InChI=1S/C14H23NO8S/c1-3-5-22-14(20)15-10-12(19)11(18)8(7-16)23-13(10)24-6-4-9(17)21-2/h3,8,10-13,16,18-19H,1,4-7H2,2H3,(H,15,20)/t8-,10-,11-,12-,13+/m1/s1. The van der Waals surface area contributed by atoms with Gasteiger partial charge in [0.1, 0.15) is 30.4 Å². The molecule has 0 aromatic carbocycles. The van der Waals surface area contributed by atoms with E-state index in [-0.39, 0.29) is 13.0 Å². The van der Waals surface area contributed by atoms with Crippen molar-refractivity contribution in [2.24, 2.45) is 0 Å². The molecule has 1 fully saturated rings. The number of thioether (sulfide) groups is 1. The van der Waals surface area contributed by atoms with E-state index in [0.29, 0.717) is 5.75 Å². The maximum Gasteiger partial charge on any atom is 0.407 e. The van der Waals surface area contributed by atoms with Crippen LogP contribution >= 0.6 is 11.8 Å². The van der Waals surface area contributed by atoms with Gasteiger partial charge in [-0.1, -0.05) is 12.7 Å². The summed E-state index contributed by atoms with van der Waals surface area (Å²) in [5.74, 6) is -0.106. The number of hydrogen-bond acceptors (Lipinski definition) is 9. The van der Waals surface area contributed by atoms with Crippen LogP contribution in [0.2, 0.25) is 0 Å². The SMILES string of the molecule is C=CCOC(=O)N[C@@H]1[C@@H](O)[C@H](O)[C@@H](CO)O[C@H]1SCCC(=O)OC. The molecule has 1 saturated heterocycles. The van der Waals surface area contributed by atoms with Crippen molar-refractivity contribution in [3.05, 3.63) is 12.7 Å². The van der Waals surface area contributed by atoms with E-state index in [9.17, 15) is 24.9 Å². The molecule has 1 heterocycles. The van der Waals surface area contributed by atoms with Gasteiger partial charge in [0.2, 0.25) is 0 Å². The van der Waals surface area contributed by atoms with Crippen LogP contribution in [0.15, 0.2) is 12.7 Å². The third kappa shape index (κ3) is 5.95. The highest BCUT2D eigenvalue weighted by molar-refractivity contribution is 7.99. The van der Waals surface area contributed by atoms with Crippen molar-refractivity contribution in [1.29, 1.82) is 0 Å². The molecule has 0 spiro atoms. The molecule has 0 bridgehead atoms. The topological polar surface area (TPSA) is 135 Å². The molecule has 9 nitrogen and oxygen atoms in total. The number of methoxy groups -OCH3 is 1. The summed E-state index contributed by atoms with van der Waals surface area (Å²) in [7, 11) is 1.27. The molecular formula is C14H23NO8S. The smallest absolute Gasteiger partial charge is 0.407 e. The zero-order valence-corrected chi connectivity index (χ0v) is 14.1. The molecule has 1 amide bonds. The highest BCUT2D eigenvalue weighted by Gasteiger charge is 2.45. The summed E-state index contributed by atoms with van der Waals surface area (Å²) in [5.41, 5.74) is -0.790. The van der Waals surface area contributed by atoms with E-state index in [1.54, 1.807) is 0 Å². The van der Waals surface area contributed by atoms with E-state index >= 15 is 0 Å². The lowest BCUT2D eigenvalue weighted by atomic mass is 9.98. The van der Waals surface area contributed by atoms with Gasteiger partial charge in [-0.05, 0) is 0 Å². The van der Waals surface area contributed by atoms with Gasteiger partial charge in [-0.25, -0.2) is 4.79 Å². The predicted octanol–water partition coefficient (Wildman–Crippen LogP) is -0.997. The van der Waals surface area contributed by atoms with Crippen LogP contribution in [-0.4, -0.2) is 83.2 Å². The molecule has 0 unspecified atom stereocenters. The Kier molecular flexibility index (Phi) is 9.08. The van der Waals surface area contributed by atoms with E-state index in [4.69, 9.17) is 9.47 Å². The maximum atomic E-state index is 11.7.